The summed E-state index contributed by atoms with van der Waals surface area (Å²) >= 11 is 0. The molecule has 0 saturated carbocycles. The Balaban J connectivity index is 2.18. The number of ether oxygens (including phenoxy) is 1. The van der Waals surface area contributed by atoms with E-state index < -0.39 is 5.97 Å². The first-order valence-corrected chi connectivity index (χ1v) is 6.12. The summed E-state index contributed by atoms with van der Waals surface area (Å²) in [6.45, 7) is 0. The highest BCUT2D eigenvalue weighted by Crippen LogP contribution is 2.25. The van der Waals surface area contributed by atoms with Crippen LogP contribution in [0, 0.1) is 0 Å². The fourth-order valence-electron chi connectivity index (χ4n) is 2.11. The zero-order chi connectivity index (χ0) is 14.1. The van der Waals surface area contributed by atoms with E-state index in [1.165, 1.54) is 7.11 Å². The number of aromatic nitrogens is 2. The van der Waals surface area contributed by atoms with Gasteiger partial charge < -0.3 is 10.5 Å². The molecule has 20 heavy (non-hydrogen) atoms. The molecule has 0 spiro atoms. The number of fused-ring (bicyclic) bond motifs is 1. The Morgan fingerprint density at radius 3 is 2.65 bits per heavy atom. The maximum absolute atomic E-state index is 11.6. The van der Waals surface area contributed by atoms with Crippen molar-refractivity contribution in [2.24, 2.45) is 0 Å². The molecule has 0 radical (unpaired) electrons. The normalized spacial score (nSPS) is 10.7. The number of nitrogens with zero attached hydrogens (tertiary/aromatic N) is 2. The van der Waals surface area contributed by atoms with Crippen molar-refractivity contribution >= 4 is 22.7 Å². The summed E-state index contributed by atoms with van der Waals surface area (Å²) in [5, 5.41) is 5.18. The van der Waals surface area contributed by atoms with Crippen LogP contribution in [0.15, 0.2) is 48.5 Å². The lowest BCUT2D eigenvalue weighted by atomic mass is 10.1. The van der Waals surface area contributed by atoms with Gasteiger partial charge in [-0.05, 0) is 30.3 Å². The van der Waals surface area contributed by atoms with Gasteiger partial charge in [-0.1, -0.05) is 18.2 Å². The highest BCUT2D eigenvalue weighted by atomic mass is 16.5. The molecule has 0 bridgehead atoms. The number of methoxy groups -OCH3 is 1. The van der Waals surface area contributed by atoms with Crippen LogP contribution in [0.5, 0.6) is 0 Å². The minimum Gasteiger partial charge on any atom is -0.465 e. The molecule has 0 aliphatic rings. The molecule has 0 saturated heterocycles. The Hall–Kier alpha value is -2.82. The lowest BCUT2D eigenvalue weighted by Crippen LogP contribution is -2.01. The zero-order valence-corrected chi connectivity index (χ0v) is 10.9. The average Bonchev–Trinajstić information content (AvgIpc) is 2.84. The standard InChI is InChI=1S/C15H13N3O2/c1-20-15(19)10-7-8-13-12(9-10)14(16)18(17-13)11-5-3-2-4-6-11/h2-9H,16H2,1H3. The molecule has 0 fully saturated rings. The predicted octanol–water partition coefficient (Wildman–Crippen LogP) is 2.39. The third-order valence-corrected chi connectivity index (χ3v) is 3.13. The van der Waals surface area contributed by atoms with Crippen molar-refractivity contribution in [3.63, 3.8) is 0 Å². The number of rotatable bonds is 2. The predicted molar refractivity (Wildman–Crippen MR) is 76.8 cm³/mol. The molecule has 2 N–H and O–H groups in total. The molecule has 1 heterocycles. The SMILES string of the molecule is COC(=O)c1ccc2nn(-c3ccccc3)c(N)c2c1. The molecule has 2 aromatic carbocycles. The van der Waals surface area contributed by atoms with Gasteiger partial charge in [0, 0.05) is 5.39 Å². The second-order valence-electron chi connectivity index (χ2n) is 4.36. The van der Waals surface area contributed by atoms with Crippen LogP contribution in [0.1, 0.15) is 10.4 Å². The highest BCUT2D eigenvalue weighted by Gasteiger charge is 2.13. The maximum atomic E-state index is 11.6. The first-order valence-electron chi connectivity index (χ1n) is 6.12. The van der Waals surface area contributed by atoms with Crippen LogP contribution < -0.4 is 5.73 Å². The van der Waals surface area contributed by atoms with Gasteiger partial charge in [-0.2, -0.15) is 5.10 Å². The fraction of sp³-hybridized carbons (Fsp3) is 0.0667. The van der Waals surface area contributed by atoms with E-state index in [2.05, 4.69) is 5.10 Å². The summed E-state index contributed by atoms with van der Waals surface area (Å²) in [7, 11) is 1.35. The first kappa shape index (κ1) is 12.2. The van der Waals surface area contributed by atoms with Crippen molar-refractivity contribution in [3.8, 4) is 5.69 Å². The van der Waals surface area contributed by atoms with Crippen LogP contribution in [0.25, 0.3) is 16.6 Å². The number of anilines is 1. The molecule has 5 heteroatoms. The minimum atomic E-state index is -0.390. The van der Waals surface area contributed by atoms with Gasteiger partial charge in [0.15, 0.2) is 0 Å². The van der Waals surface area contributed by atoms with Gasteiger partial charge in [0.25, 0.3) is 0 Å². The van der Waals surface area contributed by atoms with E-state index in [9.17, 15) is 4.79 Å². The second kappa shape index (κ2) is 4.70. The van der Waals surface area contributed by atoms with Crippen molar-refractivity contribution in [1.29, 1.82) is 0 Å². The molecule has 0 unspecified atom stereocenters. The number of benzene rings is 2. The number of carbonyl (C=O) groups excluding carboxylic acids is 1. The zero-order valence-electron chi connectivity index (χ0n) is 10.9. The molecule has 3 rings (SSSR count). The largest absolute Gasteiger partial charge is 0.465 e. The van der Waals surface area contributed by atoms with Crippen LogP contribution in [-0.4, -0.2) is 22.9 Å². The van der Waals surface area contributed by atoms with Gasteiger partial charge in [-0.25, -0.2) is 9.48 Å². The lowest BCUT2D eigenvalue weighted by Gasteiger charge is -2.02. The molecule has 3 aromatic rings. The first-order chi connectivity index (χ1) is 9.70. The van der Waals surface area contributed by atoms with Crippen LogP contribution >= 0.6 is 0 Å². The van der Waals surface area contributed by atoms with Gasteiger partial charge >= 0.3 is 5.97 Å². The van der Waals surface area contributed by atoms with Gasteiger partial charge in [0.1, 0.15) is 5.82 Å². The van der Waals surface area contributed by atoms with Crippen molar-refractivity contribution in [2.45, 2.75) is 0 Å². The summed E-state index contributed by atoms with van der Waals surface area (Å²) in [5.74, 6) is 0.107. The van der Waals surface area contributed by atoms with E-state index in [4.69, 9.17) is 10.5 Å². The average molecular weight is 267 g/mol. The second-order valence-corrected chi connectivity index (χ2v) is 4.36. The quantitative estimate of drug-likeness (QED) is 0.724. The van der Waals surface area contributed by atoms with Crippen molar-refractivity contribution < 1.29 is 9.53 Å². The summed E-state index contributed by atoms with van der Waals surface area (Å²) < 4.78 is 6.37. The van der Waals surface area contributed by atoms with E-state index in [0.717, 1.165) is 16.6 Å². The molecule has 5 nitrogen and oxygen atoms in total. The monoisotopic (exact) mass is 267 g/mol. The molecule has 100 valence electrons. The summed E-state index contributed by atoms with van der Waals surface area (Å²) in [5.41, 5.74) is 8.20. The topological polar surface area (TPSA) is 70.1 Å². The molecular weight excluding hydrogens is 254 g/mol. The van der Waals surface area contributed by atoms with Crippen LogP contribution in [-0.2, 0) is 4.74 Å². The Labute approximate surface area is 115 Å². The molecule has 0 amide bonds. The third-order valence-electron chi connectivity index (χ3n) is 3.13. The molecule has 0 aliphatic heterocycles. The van der Waals surface area contributed by atoms with Gasteiger partial charge in [0.05, 0.1) is 23.9 Å². The molecule has 0 aliphatic carbocycles. The smallest absolute Gasteiger partial charge is 0.337 e. The van der Waals surface area contributed by atoms with E-state index in [-0.39, 0.29) is 0 Å². The highest BCUT2D eigenvalue weighted by molar-refractivity contribution is 5.98. The number of nitrogens with two attached hydrogens (primary N) is 1. The Kier molecular flexibility index (Phi) is 2.87. The Morgan fingerprint density at radius 2 is 1.95 bits per heavy atom. The third kappa shape index (κ3) is 1.89. The number of esters is 1. The van der Waals surface area contributed by atoms with Gasteiger partial charge in [-0.15, -0.1) is 0 Å². The summed E-state index contributed by atoms with van der Waals surface area (Å²) in [4.78, 5) is 11.6. The molecular formula is C15H13N3O2. The molecule has 1 aromatic heterocycles. The number of hydrogen-bond donors (Lipinski definition) is 1. The van der Waals surface area contributed by atoms with E-state index in [0.29, 0.717) is 11.4 Å². The van der Waals surface area contributed by atoms with Crippen molar-refractivity contribution in [2.75, 3.05) is 12.8 Å². The fourth-order valence-corrected chi connectivity index (χ4v) is 2.11. The Bertz CT molecular complexity index is 778. The number of para-hydroxylation sites is 1. The van der Waals surface area contributed by atoms with E-state index >= 15 is 0 Å². The van der Waals surface area contributed by atoms with Crippen molar-refractivity contribution in [3.05, 3.63) is 54.1 Å². The lowest BCUT2D eigenvalue weighted by molar-refractivity contribution is 0.0601. The Morgan fingerprint density at radius 1 is 1.20 bits per heavy atom. The van der Waals surface area contributed by atoms with Crippen LogP contribution in [0.2, 0.25) is 0 Å². The molecule has 0 atom stereocenters. The minimum absolute atomic E-state index is 0.390. The summed E-state index contributed by atoms with van der Waals surface area (Å²) in [6.07, 6.45) is 0. The van der Waals surface area contributed by atoms with Crippen molar-refractivity contribution in [1.82, 2.24) is 9.78 Å². The van der Waals surface area contributed by atoms with Gasteiger partial charge in [0.2, 0.25) is 0 Å². The number of carbonyl (C=O) groups is 1. The van der Waals surface area contributed by atoms with Crippen LogP contribution in [0.3, 0.4) is 0 Å². The van der Waals surface area contributed by atoms with E-state index in [1.54, 1.807) is 22.9 Å². The summed E-state index contributed by atoms with van der Waals surface area (Å²) in [6, 6.07) is 14.7. The maximum Gasteiger partial charge on any atom is 0.337 e. The van der Waals surface area contributed by atoms with E-state index in [1.807, 2.05) is 30.3 Å². The number of hydrogen-bond acceptors (Lipinski definition) is 4. The van der Waals surface area contributed by atoms with Gasteiger partial charge in [-0.3, -0.25) is 0 Å². The van der Waals surface area contributed by atoms with Crippen LogP contribution in [0.4, 0.5) is 5.82 Å². The number of nitrogen functional groups attached to an aromatic ring is 1.